The van der Waals surface area contributed by atoms with Gasteiger partial charge in [-0.15, -0.1) is 0 Å². The van der Waals surface area contributed by atoms with Gasteiger partial charge in [0, 0.05) is 25.9 Å². The SMILES string of the molecule is CNc1cc(C)nc(Cn2ncn(C)c2=O)n1. The first kappa shape index (κ1) is 11.3. The molecule has 17 heavy (non-hydrogen) atoms. The monoisotopic (exact) mass is 234 g/mol. The summed E-state index contributed by atoms with van der Waals surface area (Å²) in [5.74, 6) is 1.30. The Morgan fingerprint density at radius 3 is 2.76 bits per heavy atom. The number of rotatable bonds is 3. The molecule has 2 aromatic rings. The van der Waals surface area contributed by atoms with Gasteiger partial charge in [0.15, 0.2) is 5.82 Å². The molecule has 0 radical (unpaired) electrons. The van der Waals surface area contributed by atoms with Crippen molar-refractivity contribution < 1.29 is 0 Å². The Balaban J connectivity index is 2.33. The van der Waals surface area contributed by atoms with E-state index in [1.807, 2.05) is 13.0 Å². The highest BCUT2D eigenvalue weighted by Crippen LogP contribution is 2.05. The molecule has 0 atom stereocenters. The zero-order valence-electron chi connectivity index (χ0n) is 10.0. The minimum Gasteiger partial charge on any atom is -0.373 e. The summed E-state index contributed by atoms with van der Waals surface area (Å²) in [6.07, 6.45) is 1.47. The molecule has 0 aromatic carbocycles. The molecule has 0 amide bonds. The van der Waals surface area contributed by atoms with E-state index in [9.17, 15) is 4.79 Å². The number of nitrogens with zero attached hydrogens (tertiary/aromatic N) is 5. The minimum atomic E-state index is -0.180. The zero-order valence-corrected chi connectivity index (χ0v) is 10.0. The number of hydrogen-bond acceptors (Lipinski definition) is 5. The Kier molecular flexibility index (Phi) is 2.90. The van der Waals surface area contributed by atoms with Gasteiger partial charge < -0.3 is 5.32 Å². The van der Waals surface area contributed by atoms with Gasteiger partial charge in [-0.1, -0.05) is 0 Å². The summed E-state index contributed by atoms with van der Waals surface area (Å²) in [5.41, 5.74) is 0.671. The lowest BCUT2D eigenvalue weighted by molar-refractivity contribution is 0.620. The summed E-state index contributed by atoms with van der Waals surface area (Å²) in [4.78, 5) is 20.1. The fourth-order valence-electron chi connectivity index (χ4n) is 1.49. The second-order valence-electron chi connectivity index (χ2n) is 3.74. The standard InChI is InChI=1S/C10H14N6O/c1-7-4-8(11-2)14-9(13-7)5-16-10(17)15(3)6-12-16/h4,6H,5H2,1-3H3,(H,11,13,14). The van der Waals surface area contributed by atoms with Gasteiger partial charge in [-0.2, -0.15) is 5.10 Å². The summed E-state index contributed by atoms with van der Waals surface area (Å²) in [6.45, 7) is 2.16. The molecular formula is C10H14N6O. The summed E-state index contributed by atoms with van der Waals surface area (Å²) < 4.78 is 2.74. The van der Waals surface area contributed by atoms with Gasteiger partial charge in [0.25, 0.3) is 0 Å². The third-order valence-corrected chi connectivity index (χ3v) is 2.33. The molecule has 90 valence electrons. The Morgan fingerprint density at radius 2 is 2.18 bits per heavy atom. The lowest BCUT2D eigenvalue weighted by atomic mass is 10.4. The van der Waals surface area contributed by atoms with Crippen molar-refractivity contribution in [2.24, 2.45) is 7.05 Å². The van der Waals surface area contributed by atoms with Gasteiger partial charge in [-0.25, -0.2) is 19.4 Å². The first-order valence-electron chi connectivity index (χ1n) is 5.21. The normalized spacial score (nSPS) is 10.5. The lowest BCUT2D eigenvalue weighted by Crippen LogP contribution is -2.24. The topological polar surface area (TPSA) is 77.6 Å². The minimum absolute atomic E-state index is 0.180. The van der Waals surface area contributed by atoms with Crippen LogP contribution in [-0.4, -0.2) is 31.4 Å². The van der Waals surface area contributed by atoms with E-state index < -0.39 is 0 Å². The van der Waals surface area contributed by atoms with Crippen LogP contribution in [-0.2, 0) is 13.6 Å². The van der Waals surface area contributed by atoms with Crippen LogP contribution in [0.1, 0.15) is 11.5 Å². The molecular weight excluding hydrogens is 220 g/mol. The lowest BCUT2D eigenvalue weighted by Gasteiger charge is -2.04. The van der Waals surface area contributed by atoms with Gasteiger partial charge in [-0.05, 0) is 6.92 Å². The largest absolute Gasteiger partial charge is 0.373 e. The Labute approximate surface area is 98.1 Å². The fraction of sp³-hybridized carbons (Fsp3) is 0.400. The molecule has 0 aliphatic rings. The maximum atomic E-state index is 11.6. The van der Waals surface area contributed by atoms with Crippen LogP contribution in [0.5, 0.6) is 0 Å². The number of aryl methyl sites for hydroxylation is 2. The van der Waals surface area contributed by atoms with Crippen LogP contribution < -0.4 is 11.0 Å². The van der Waals surface area contributed by atoms with Crippen molar-refractivity contribution in [2.75, 3.05) is 12.4 Å². The van der Waals surface area contributed by atoms with Gasteiger partial charge in [0.05, 0.1) is 0 Å². The zero-order chi connectivity index (χ0) is 12.4. The quantitative estimate of drug-likeness (QED) is 0.793. The van der Waals surface area contributed by atoms with Gasteiger partial charge >= 0.3 is 5.69 Å². The van der Waals surface area contributed by atoms with Crippen LogP contribution in [0.25, 0.3) is 0 Å². The van der Waals surface area contributed by atoms with Crippen molar-refractivity contribution in [1.82, 2.24) is 24.3 Å². The highest BCUT2D eigenvalue weighted by Gasteiger charge is 2.06. The molecule has 0 spiro atoms. The molecule has 2 heterocycles. The van der Waals surface area contributed by atoms with Crippen LogP contribution >= 0.6 is 0 Å². The molecule has 7 nitrogen and oxygen atoms in total. The van der Waals surface area contributed by atoms with E-state index >= 15 is 0 Å². The molecule has 0 unspecified atom stereocenters. The van der Waals surface area contributed by atoms with Crippen molar-refractivity contribution in [3.63, 3.8) is 0 Å². The summed E-state index contributed by atoms with van der Waals surface area (Å²) >= 11 is 0. The van der Waals surface area contributed by atoms with Crippen molar-refractivity contribution >= 4 is 5.82 Å². The molecule has 0 aliphatic carbocycles. The summed E-state index contributed by atoms with van der Waals surface area (Å²) in [6, 6.07) is 1.84. The number of aromatic nitrogens is 5. The number of hydrogen-bond donors (Lipinski definition) is 1. The molecule has 2 rings (SSSR count). The van der Waals surface area contributed by atoms with Gasteiger partial charge in [0.1, 0.15) is 18.7 Å². The van der Waals surface area contributed by atoms with Crippen molar-refractivity contribution in [2.45, 2.75) is 13.5 Å². The van der Waals surface area contributed by atoms with Crippen LogP contribution in [0.4, 0.5) is 5.82 Å². The average Bonchev–Trinajstić information content (AvgIpc) is 2.60. The number of anilines is 1. The smallest absolute Gasteiger partial charge is 0.345 e. The van der Waals surface area contributed by atoms with Crippen LogP contribution in [0, 0.1) is 6.92 Å². The predicted octanol–water partition coefficient (Wildman–Crippen LogP) is -0.230. The van der Waals surface area contributed by atoms with E-state index in [1.165, 1.54) is 15.6 Å². The third kappa shape index (κ3) is 2.32. The molecule has 0 saturated carbocycles. The summed E-state index contributed by atoms with van der Waals surface area (Å²) in [7, 11) is 3.44. The van der Waals surface area contributed by atoms with Crippen LogP contribution in [0.2, 0.25) is 0 Å². The second kappa shape index (κ2) is 4.36. The maximum absolute atomic E-state index is 11.6. The van der Waals surface area contributed by atoms with E-state index in [-0.39, 0.29) is 12.2 Å². The van der Waals surface area contributed by atoms with Crippen molar-refractivity contribution in [3.8, 4) is 0 Å². The molecule has 0 aliphatic heterocycles. The summed E-state index contributed by atoms with van der Waals surface area (Å²) in [5, 5.41) is 6.91. The highest BCUT2D eigenvalue weighted by molar-refractivity contribution is 5.34. The van der Waals surface area contributed by atoms with Gasteiger partial charge in [-0.3, -0.25) is 4.57 Å². The van der Waals surface area contributed by atoms with Gasteiger partial charge in [0.2, 0.25) is 0 Å². The van der Waals surface area contributed by atoms with Crippen LogP contribution in [0.15, 0.2) is 17.2 Å². The Hall–Kier alpha value is -2.18. The Bertz CT molecular complexity index is 585. The van der Waals surface area contributed by atoms with E-state index in [1.54, 1.807) is 14.1 Å². The van der Waals surface area contributed by atoms with E-state index in [2.05, 4.69) is 20.4 Å². The van der Waals surface area contributed by atoms with E-state index in [4.69, 9.17) is 0 Å². The molecule has 0 bridgehead atoms. The third-order valence-electron chi connectivity index (χ3n) is 2.33. The predicted molar refractivity (Wildman–Crippen MR) is 62.9 cm³/mol. The molecule has 1 N–H and O–H groups in total. The first-order chi connectivity index (χ1) is 8.10. The van der Waals surface area contributed by atoms with Crippen molar-refractivity contribution in [3.05, 3.63) is 34.4 Å². The molecule has 2 aromatic heterocycles. The fourth-order valence-corrected chi connectivity index (χ4v) is 1.49. The van der Waals surface area contributed by atoms with E-state index in [0.717, 1.165) is 11.5 Å². The van der Waals surface area contributed by atoms with Crippen LogP contribution in [0.3, 0.4) is 0 Å². The highest BCUT2D eigenvalue weighted by atomic mass is 16.2. The Morgan fingerprint density at radius 1 is 1.41 bits per heavy atom. The maximum Gasteiger partial charge on any atom is 0.345 e. The molecule has 0 fully saturated rings. The second-order valence-corrected chi connectivity index (χ2v) is 3.74. The molecule has 7 heteroatoms. The van der Waals surface area contributed by atoms with Crippen molar-refractivity contribution in [1.29, 1.82) is 0 Å². The average molecular weight is 234 g/mol. The van der Waals surface area contributed by atoms with E-state index in [0.29, 0.717) is 5.82 Å². The first-order valence-corrected chi connectivity index (χ1v) is 5.21. The number of nitrogens with one attached hydrogen (secondary N) is 1. The molecule has 0 saturated heterocycles.